The highest BCUT2D eigenvalue weighted by Gasteiger charge is 2.31. The number of piperidine rings is 1. The van der Waals surface area contributed by atoms with Crippen molar-refractivity contribution in [1.29, 1.82) is 0 Å². The van der Waals surface area contributed by atoms with Crippen LogP contribution >= 0.6 is 12.4 Å². The number of hydrogen-bond donors (Lipinski definition) is 2. The largest absolute Gasteiger partial charge is 0.334 e. The van der Waals surface area contributed by atoms with Crippen LogP contribution in [0.3, 0.4) is 0 Å². The number of urea groups is 1. The molecule has 0 bridgehead atoms. The van der Waals surface area contributed by atoms with Crippen LogP contribution < -0.4 is 11.1 Å². The smallest absolute Gasteiger partial charge is 0.324 e. The van der Waals surface area contributed by atoms with Gasteiger partial charge in [-0.3, -0.25) is 14.5 Å². The third-order valence-corrected chi connectivity index (χ3v) is 5.10. The van der Waals surface area contributed by atoms with Gasteiger partial charge in [0.25, 0.3) is 5.91 Å². The summed E-state index contributed by atoms with van der Waals surface area (Å²) in [5.41, 5.74) is 7.29. The lowest BCUT2D eigenvalue weighted by atomic mass is 9.90. The number of hydrogen-bond acceptors (Lipinski definition) is 4. The molecule has 2 saturated heterocycles. The Morgan fingerprint density at radius 2 is 1.96 bits per heavy atom. The Hall–Kier alpha value is -2.12. The van der Waals surface area contributed by atoms with Gasteiger partial charge < -0.3 is 16.0 Å². The molecule has 0 spiro atoms. The van der Waals surface area contributed by atoms with E-state index in [4.69, 9.17) is 5.73 Å². The third-order valence-electron chi connectivity index (χ3n) is 5.10. The first-order chi connectivity index (χ1) is 12.0. The van der Waals surface area contributed by atoms with Crippen molar-refractivity contribution < 1.29 is 14.4 Å². The second-order valence-corrected chi connectivity index (χ2v) is 6.76. The Morgan fingerprint density at radius 1 is 1.27 bits per heavy atom. The van der Waals surface area contributed by atoms with Gasteiger partial charge in [0.15, 0.2) is 0 Å². The summed E-state index contributed by atoms with van der Waals surface area (Å²) in [7, 11) is 0. The third kappa shape index (κ3) is 3.99. The van der Waals surface area contributed by atoms with Crippen molar-refractivity contribution in [3.8, 4) is 0 Å². The van der Waals surface area contributed by atoms with Gasteiger partial charge in [-0.2, -0.15) is 0 Å². The van der Waals surface area contributed by atoms with Gasteiger partial charge in [0.1, 0.15) is 0 Å². The lowest BCUT2D eigenvalue weighted by Gasteiger charge is -2.39. The average Bonchev–Trinajstić information content (AvgIpc) is 2.93. The van der Waals surface area contributed by atoms with Gasteiger partial charge >= 0.3 is 6.03 Å². The summed E-state index contributed by atoms with van der Waals surface area (Å²) in [6, 6.07) is 6.78. The second kappa shape index (κ2) is 8.51. The summed E-state index contributed by atoms with van der Waals surface area (Å²) in [6.07, 6.45) is 2.09. The number of rotatable bonds is 4. The lowest BCUT2D eigenvalue weighted by Crippen LogP contribution is -2.51. The van der Waals surface area contributed by atoms with Crippen LogP contribution in [0.4, 0.5) is 4.79 Å². The van der Waals surface area contributed by atoms with Gasteiger partial charge in [-0.15, -0.1) is 12.4 Å². The van der Waals surface area contributed by atoms with E-state index in [2.05, 4.69) is 12.2 Å². The van der Waals surface area contributed by atoms with E-state index in [-0.39, 0.29) is 49.4 Å². The van der Waals surface area contributed by atoms with Crippen molar-refractivity contribution in [3.05, 3.63) is 35.4 Å². The zero-order valence-electron chi connectivity index (χ0n) is 14.8. The molecule has 2 atom stereocenters. The molecule has 2 unspecified atom stereocenters. The van der Waals surface area contributed by atoms with E-state index >= 15 is 0 Å². The second-order valence-electron chi connectivity index (χ2n) is 6.76. The van der Waals surface area contributed by atoms with Crippen molar-refractivity contribution in [3.63, 3.8) is 0 Å². The number of carbonyl (C=O) groups is 3. The summed E-state index contributed by atoms with van der Waals surface area (Å²) in [4.78, 5) is 39.1. The van der Waals surface area contributed by atoms with Crippen molar-refractivity contribution in [2.45, 2.75) is 32.4 Å². The minimum Gasteiger partial charge on any atom is -0.334 e. The Balaban J connectivity index is 0.00000243. The van der Waals surface area contributed by atoms with Crippen molar-refractivity contribution in [2.75, 3.05) is 19.6 Å². The number of amides is 4. The van der Waals surface area contributed by atoms with Crippen molar-refractivity contribution in [1.82, 2.24) is 15.1 Å². The SMILES string of the molecule is CC1CCCN(C(=O)c2ccc(CN3C(=O)CNC3=O)cc2)C1CN.Cl. The molecule has 2 fully saturated rings. The Labute approximate surface area is 159 Å². The molecular weight excluding hydrogens is 356 g/mol. The highest BCUT2D eigenvalue weighted by atomic mass is 35.5. The first kappa shape index (κ1) is 20.2. The molecule has 1 aromatic carbocycles. The number of halogens is 1. The fraction of sp³-hybridized carbons (Fsp3) is 0.500. The van der Waals surface area contributed by atoms with E-state index in [1.54, 1.807) is 24.3 Å². The molecule has 2 aliphatic heterocycles. The van der Waals surface area contributed by atoms with Crippen LogP contribution in [0.15, 0.2) is 24.3 Å². The number of nitrogens with one attached hydrogen (secondary N) is 1. The number of benzene rings is 1. The highest BCUT2D eigenvalue weighted by molar-refractivity contribution is 6.01. The fourth-order valence-corrected chi connectivity index (χ4v) is 3.58. The Morgan fingerprint density at radius 3 is 2.54 bits per heavy atom. The number of carbonyl (C=O) groups excluding carboxylic acids is 3. The van der Waals surface area contributed by atoms with E-state index in [0.717, 1.165) is 24.9 Å². The summed E-state index contributed by atoms with van der Waals surface area (Å²) in [6.45, 7) is 3.60. The minimum atomic E-state index is -0.377. The van der Waals surface area contributed by atoms with Gasteiger partial charge in [0.05, 0.1) is 13.1 Å². The van der Waals surface area contributed by atoms with Gasteiger partial charge in [-0.1, -0.05) is 19.1 Å². The quantitative estimate of drug-likeness (QED) is 0.771. The van der Waals surface area contributed by atoms with E-state index < -0.39 is 0 Å². The summed E-state index contributed by atoms with van der Waals surface area (Å²) in [5.74, 6) is 0.156. The summed E-state index contributed by atoms with van der Waals surface area (Å²) in [5, 5.41) is 2.49. The zero-order chi connectivity index (χ0) is 18.0. The first-order valence-electron chi connectivity index (χ1n) is 8.69. The van der Waals surface area contributed by atoms with Crippen LogP contribution in [0.25, 0.3) is 0 Å². The van der Waals surface area contributed by atoms with Crippen molar-refractivity contribution in [2.24, 2.45) is 11.7 Å². The maximum atomic E-state index is 12.8. The average molecular weight is 381 g/mol. The standard InChI is InChI=1S/C18H24N4O3.ClH/c1-12-3-2-8-21(15(12)9-19)17(24)14-6-4-13(5-7-14)11-22-16(23)10-20-18(22)25;/h4-7,12,15H,2-3,8-11,19H2,1H3,(H,20,25);1H. The monoisotopic (exact) mass is 380 g/mol. The molecule has 2 aliphatic rings. The van der Waals surface area contributed by atoms with Crippen LogP contribution in [-0.4, -0.2) is 53.3 Å². The molecule has 0 saturated carbocycles. The molecule has 7 nitrogen and oxygen atoms in total. The molecule has 0 aliphatic carbocycles. The predicted molar refractivity (Wildman–Crippen MR) is 99.9 cm³/mol. The molecule has 2 heterocycles. The normalized spacial score (nSPS) is 22.8. The molecule has 0 radical (unpaired) electrons. The van der Waals surface area contributed by atoms with E-state index in [0.29, 0.717) is 18.0 Å². The molecule has 4 amide bonds. The highest BCUT2D eigenvalue weighted by Crippen LogP contribution is 2.24. The van der Waals surface area contributed by atoms with Crippen LogP contribution in [-0.2, 0) is 11.3 Å². The number of nitrogens with zero attached hydrogens (tertiary/aromatic N) is 2. The molecule has 0 aromatic heterocycles. The number of likely N-dealkylation sites (tertiary alicyclic amines) is 1. The zero-order valence-corrected chi connectivity index (χ0v) is 15.6. The topological polar surface area (TPSA) is 95.7 Å². The maximum Gasteiger partial charge on any atom is 0.324 e. The van der Waals surface area contributed by atoms with Gasteiger partial charge in [0.2, 0.25) is 5.91 Å². The molecular formula is C18H25ClN4O3. The summed E-state index contributed by atoms with van der Waals surface area (Å²) < 4.78 is 0. The molecule has 8 heteroatoms. The van der Waals surface area contributed by atoms with E-state index in [9.17, 15) is 14.4 Å². The van der Waals surface area contributed by atoms with Crippen LogP contribution in [0, 0.1) is 5.92 Å². The minimum absolute atomic E-state index is 0. The summed E-state index contributed by atoms with van der Waals surface area (Å²) >= 11 is 0. The lowest BCUT2D eigenvalue weighted by molar-refractivity contribution is -0.125. The molecule has 1 aromatic rings. The number of nitrogens with two attached hydrogens (primary N) is 1. The molecule has 26 heavy (non-hydrogen) atoms. The van der Waals surface area contributed by atoms with Crippen molar-refractivity contribution >= 4 is 30.3 Å². The van der Waals surface area contributed by atoms with Gasteiger partial charge in [-0.25, -0.2) is 4.79 Å². The van der Waals surface area contributed by atoms with E-state index in [1.807, 2.05) is 4.90 Å². The van der Waals surface area contributed by atoms with Crippen LogP contribution in [0.1, 0.15) is 35.7 Å². The number of imide groups is 1. The first-order valence-corrected chi connectivity index (χ1v) is 8.69. The Bertz CT molecular complexity index is 664. The van der Waals surface area contributed by atoms with Gasteiger partial charge in [0, 0.05) is 24.7 Å². The van der Waals surface area contributed by atoms with Crippen LogP contribution in [0.5, 0.6) is 0 Å². The van der Waals surface area contributed by atoms with Gasteiger partial charge in [-0.05, 0) is 36.5 Å². The Kier molecular flexibility index (Phi) is 6.61. The molecule has 142 valence electrons. The molecule has 3 N–H and O–H groups in total. The fourth-order valence-electron chi connectivity index (χ4n) is 3.58. The predicted octanol–water partition coefficient (Wildman–Crippen LogP) is 1.36. The molecule has 3 rings (SSSR count). The van der Waals surface area contributed by atoms with Crippen LogP contribution in [0.2, 0.25) is 0 Å². The maximum absolute atomic E-state index is 12.8. The van der Waals surface area contributed by atoms with E-state index in [1.165, 1.54) is 4.90 Å².